The average Bonchev–Trinajstić information content (AvgIpc) is 3.37. The molecule has 0 bridgehead atoms. The van der Waals surface area contributed by atoms with Gasteiger partial charge in [0.1, 0.15) is 0 Å². The average molecular weight is 999 g/mol. The largest absolute Gasteiger partial charge is 0.466 e. The molecule has 6 nitrogen and oxygen atoms in total. The summed E-state index contributed by atoms with van der Waals surface area (Å²) >= 11 is 0. The van der Waals surface area contributed by atoms with Crippen LogP contribution < -0.4 is 5.32 Å². The van der Waals surface area contributed by atoms with Gasteiger partial charge in [0.2, 0.25) is 5.91 Å². The zero-order valence-corrected chi connectivity index (χ0v) is 47.7. The van der Waals surface area contributed by atoms with E-state index in [1.54, 1.807) is 6.08 Å². The lowest BCUT2D eigenvalue weighted by Gasteiger charge is -2.20. The Balaban J connectivity index is 3.38. The Hall–Kier alpha value is -1.92. The van der Waals surface area contributed by atoms with Crippen molar-refractivity contribution >= 4 is 11.9 Å². The lowest BCUT2D eigenvalue weighted by Crippen LogP contribution is -2.45. The molecule has 71 heavy (non-hydrogen) atoms. The van der Waals surface area contributed by atoms with Crippen LogP contribution in [0.1, 0.15) is 341 Å². The third-order valence-electron chi connectivity index (χ3n) is 14.7. The van der Waals surface area contributed by atoms with Gasteiger partial charge in [-0.1, -0.05) is 301 Å². The van der Waals surface area contributed by atoms with Crippen LogP contribution in [-0.4, -0.2) is 47.4 Å². The fourth-order valence-corrected chi connectivity index (χ4v) is 9.78. The molecule has 6 heteroatoms. The molecule has 0 rings (SSSR count). The van der Waals surface area contributed by atoms with Crippen LogP contribution in [0.5, 0.6) is 0 Å². The first-order chi connectivity index (χ1) is 35.0. The van der Waals surface area contributed by atoms with Gasteiger partial charge in [0.15, 0.2) is 0 Å². The van der Waals surface area contributed by atoms with Crippen molar-refractivity contribution in [1.82, 2.24) is 5.32 Å². The highest BCUT2D eigenvalue weighted by Crippen LogP contribution is 2.17. The first-order valence-corrected chi connectivity index (χ1v) is 31.8. The molecule has 418 valence electrons. The van der Waals surface area contributed by atoms with Crippen LogP contribution >= 0.6 is 0 Å². The van der Waals surface area contributed by atoms with E-state index in [0.29, 0.717) is 19.4 Å². The molecule has 0 saturated heterocycles. The van der Waals surface area contributed by atoms with E-state index in [2.05, 4.69) is 43.5 Å². The Kier molecular flexibility index (Phi) is 59.0. The molecular formula is C65H123NO5. The number of aliphatic hydroxyl groups is 2. The van der Waals surface area contributed by atoms with Crippen LogP contribution in [0.15, 0.2) is 36.5 Å². The number of hydrogen-bond donors (Lipinski definition) is 3. The number of amides is 1. The van der Waals surface area contributed by atoms with Gasteiger partial charge in [-0.05, 0) is 64.2 Å². The Bertz CT molecular complexity index is 1150. The van der Waals surface area contributed by atoms with Crippen LogP contribution in [0.3, 0.4) is 0 Å². The number of rotatable bonds is 59. The summed E-state index contributed by atoms with van der Waals surface area (Å²) in [7, 11) is 0. The molecule has 0 spiro atoms. The monoisotopic (exact) mass is 998 g/mol. The van der Waals surface area contributed by atoms with Gasteiger partial charge in [-0.25, -0.2) is 0 Å². The molecular weight excluding hydrogens is 875 g/mol. The maximum absolute atomic E-state index is 12.4. The molecule has 0 heterocycles. The number of ether oxygens (including phenoxy) is 1. The molecule has 2 atom stereocenters. The molecule has 0 aliphatic heterocycles. The van der Waals surface area contributed by atoms with E-state index in [9.17, 15) is 19.8 Å². The van der Waals surface area contributed by atoms with E-state index >= 15 is 0 Å². The highest BCUT2D eigenvalue weighted by atomic mass is 16.5. The fourth-order valence-electron chi connectivity index (χ4n) is 9.78. The van der Waals surface area contributed by atoms with E-state index in [0.717, 1.165) is 44.9 Å². The first-order valence-electron chi connectivity index (χ1n) is 31.8. The second-order valence-electron chi connectivity index (χ2n) is 21.7. The quantitative estimate of drug-likeness (QED) is 0.0321. The Labute approximate surface area is 443 Å². The van der Waals surface area contributed by atoms with Gasteiger partial charge in [0.25, 0.3) is 0 Å². The third kappa shape index (κ3) is 57.2. The lowest BCUT2D eigenvalue weighted by atomic mass is 10.0. The molecule has 0 aliphatic rings. The summed E-state index contributed by atoms with van der Waals surface area (Å²) in [4.78, 5) is 24.5. The van der Waals surface area contributed by atoms with Crippen LogP contribution in [0, 0.1) is 0 Å². The summed E-state index contributed by atoms with van der Waals surface area (Å²) in [6.45, 7) is 4.89. The zero-order chi connectivity index (χ0) is 51.4. The Morgan fingerprint density at radius 2 is 0.704 bits per heavy atom. The highest BCUT2D eigenvalue weighted by Gasteiger charge is 2.18. The summed E-state index contributed by atoms with van der Waals surface area (Å²) in [5, 5.41) is 22.9. The third-order valence-corrected chi connectivity index (χ3v) is 14.7. The van der Waals surface area contributed by atoms with Crippen molar-refractivity contribution in [1.29, 1.82) is 0 Å². The van der Waals surface area contributed by atoms with Crippen LogP contribution in [-0.2, 0) is 14.3 Å². The van der Waals surface area contributed by atoms with E-state index in [1.165, 1.54) is 270 Å². The van der Waals surface area contributed by atoms with Crippen molar-refractivity contribution in [2.75, 3.05) is 13.2 Å². The normalized spacial score (nSPS) is 12.8. The van der Waals surface area contributed by atoms with Crippen molar-refractivity contribution in [3.63, 3.8) is 0 Å². The van der Waals surface area contributed by atoms with Gasteiger partial charge in [-0.2, -0.15) is 0 Å². The molecule has 0 fully saturated rings. The number of carbonyl (C=O) groups is 2. The minimum absolute atomic E-state index is 0.0151. The standard InChI is InChI=1S/C65H123NO5/c1-3-5-7-9-11-13-14-15-16-33-36-39-43-47-51-55-59-65(70)71-60-56-52-48-44-40-37-34-31-29-27-25-23-21-19-17-18-20-22-24-26-28-30-32-35-38-42-46-50-54-58-64(69)66-62(61-67)63(68)57-53-49-45-41-12-10-8-6-4-2/h17,19,23,25,53,57,62-63,67-68H,3-16,18,20-22,24,26-52,54-56,58-61H2,1-2H3,(H,66,69)/b19-17-,25-23-,57-53+. The van der Waals surface area contributed by atoms with Crippen LogP contribution in [0.4, 0.5) is 0 Å². The minimum Gasteiger partial charge on any atom is -0.466 e. The molecule has 1 amide bonds. The Morgan fingerprint density at radius 3 is 1.07 bits per heavy atom. The summed E-state index contributed by atoms with van der Waals surface area (Å²) in [5.74, 6) is -0.0562. The van der Waals surface area contributed by atoms with Gasteiger partial charge in [-0.15, -0.1) is 0 Å². The number of carbonyl (C=O) groups excluding carboxylic acids is 2. The number of esters is 1. The van der Waals surface area contributed by atoms with Crippen LogP contribution in [0.2, 0.25) is 0 Å². The number of unbranched alkanes of at least 4 members (excludes halogenated alkanes) is 44. The van der Waals surface area contributed by atoms with Crippen molar-refractivity contribution in [2.45, 2.75) is 353 Å². The number of allylic oxidation sites excluding steroid dienone is 5. The minimum atomic E-state index is -0.843. The molecule has 3 N–H and O–H groups in total. The first kappa shape index (κ1) is 69.1. The second-order valence-corrected chi connectivity index (χ2v) is 21.7. The van der Waals surface area contributed by atoms with E-state index in [4.69, 9.17) is 4.74 Å². The second kappa shape index (κ2) is 60.6. The molecule has 0 aromatic rings. The molecule has 0 saturated carbocycles. The van der Waals surface area contributed by atoms with Crippen molar-refractivity contribution in [3.05, 3.63) is 36.5 Å². The number of hydrogen-bond acceptors (Lipinski definition) is 5. The molecule has 0 aromatic heterocycles. The maximum Gasteiger partial charge on any atom is 0.305 e. The summed E-state index contributed by atoms with van der Waals surface area (Å²) < 4.78 is 5.49. The summed E-state index contributed by atoms with van der Waals surface area (Å²) in [6, 6.07) is -0.626. The highest BCUT2D eigenvalue weighted by molar-refractivity contribution is 5.76. The molecule has 0 aromatic carbocycles. The summed E-state index contributed by atoms with van der Waals surface area (Å²) in [5.41, 5.74) is 0. The zero-order valence-electron chi connectivity index (χ0n) is 47.7. The maximum atomic E-state index is 12.4. The predicted molar refractivity (Wildman–Crippen MR) is 310 cm³/mol. The molecule has 0 aliphatic carbocycles. The number of nitrogens with one attached hydrogen (secondary N) is 1. The lowest BCUT2D eigenvalue weighted by molar-refractivity contribution is -0.143. The molecule has 0 radical (unpaired) electrons. The predicted octanol–water partition coefficient (Wildman–Crippen LogP) is 20.0. The van der Waals surface area contributed by atoms with Crippen molar-refractivity contribution in [3.8, 4) is 0 Å². The van der Waals surface area contributed by atoms with Gasteiger partial charge in [0.05, 0.1) is 25.4 Å². The van der Waals surface area contributed by atoms with Gasteiger partial charge >= 0.3 is 5.97 Å². The van der Waals surface area contributed by atoms with E-state index < -0.39 is 12.1 Å². The van der Waals surface area contributed by atoms with Crippen molar-refractivity contribution in [2.24, 2.45) is 0 Å². The Morgan fingerprint density at radius 1 is 0.394 bits per heavy atom. The summed E-state index contributed by atoms with van der Waals surface area (Å²) in [6.07, 6.45) is 76.4. The molecule has 2 unspecified atom stereocenters. The smallest absolute Gasteiger partial charge is 0.305 e. The van der Waals surface area contributed by atoms with Gasteiger partial charge < -0.3 is 20.3 Å². The van der Waals surface area contributed by atoms with Gasteiger partial charge in [-0.3, -0.25) is 9.59 Å². The van der Waals surface area contributed by atoms with Crippen molar-refractivity contribution < 1.29 is 24.5 Å². The fraction of sp³-hybridized carbons (Fsp3) is 0.877. The van der Waals surface area contributed by atoms with Gasteiger partial charge in [0, 0.05) is 12.8 Å². The van der Waals surface area contributed by atoms with Crippen LogP contribution in [0.25, 0.3) is 0 Å². The number of aliphatic hydroxyl groups excluding tert-OH is 2. The SMILES string of the molecule is CCCCCCCCC/C=C/C(O)C(CO)NC(=O)CCCCCCCCCCCCCCC/C=C\C/C=C\CCCCCCCCCCCOC(=O)CCCCCCCCCCCCCCCCCC. The topological polar surface area (TPSA) is 95.9 Å². The van der Waals surface area contributed by atoms with E-state index in [1.807, 2.05) is 6.08 Å². The van der Waals surface area contributed by atoms with E-state index in [-0.39, 0.29) is 18.5 Å².